The number of anilines is 2. The second-order valence-electron chi connectivity index (χ2n) is 3.81. The first kappa shape index (κ1) is 9.96. The van der Waals surface area contributed by atoms with Gasteiger partial charge in [-0.15, -0.1) is 0 Å². The largest absolute Gasteiger partial charge is 0.397 e. The molecule has 1 aliphatic heterocycles. The molecule has 1 aliphatic rings. The Bertz CT molecular complexity index is 347. The quantitative estimate of drug-likeness (QED) is 0.757. The molecule has 0 radical (unpaired) electrons. The molecule has 1 aromatic heterocycles. The first-order valence-corrected chi connectivity index (χ1v) is 5.29. The molecule has 0 spiro atoms. The lowest BCUT2D eigenvalue weighted by molar-refractivity contribution is -0.118. The second-order valence-corrected chi connectivity index (χ2v) is 3.81. The van der Waals surface area contributed by atoms with Crippen LogP contribution in [0.15, 0.2) is 18.3 Å². The van der Waals surface area contributed by atoms with E-state index >= 15 is 0 Å². The van der Waals surface area contributed by atoms with Crippen LogP contribution in [0.5, 0.6) is 0 Å². The van der Waals surface area contributed by atoms with Gasteiger partial charge in [-0.3, -0.25) is 9.69 Å². The molecule has 2 N–H and O–H groups in total. The van der Waals surface area contributed by atoms with Gasteiger partial charge in [0.2, 0.25) is 5.91 Å². The minimum atomic E-state index is 0.171. The molecule has 4 nitrogen and oxygen atoms in total. The fourth-order valence-corrected chi connectivity index (χ4v) is 1.78. The van der Waals surface area contributed by atoms with Gasteiger partial charge in [0.15, 0.2) is 0 Å². The summed E-state index contributed by atoms with van der Waals surface area (Å²) in [5.74, 6) is 0.890. The summed E-state index contributed by atoms with van der Waals surface area (Å²) in [4.78, 5) is 17.7. The van der Waals surface area contributed by atoms with Crippen molar-refractivity contribution in [1.29, 1.82) is 0 Å². The summed E-state index contributed by atoms with van der Waals surface area (Å²) in [5.41, 5.74) is 6.18. The number of hydrogen-bond donors (Lipinski definition) is 1. The van der Waals surface area contributed by atoms with E-state index in [0.717, 1.165) is 31.6 Å². The van der Waals surface area contributed by atoms with Crippen LogP contribution in [-0.4, -0.2) is 17.4 Å². The lowest BCUT2D eigenvalue weighted by Gasteiger charge is -2.19. The van der Waals surface area contributed by atoms with Crippen molar-refractivity contribution >= 4 is 17.4 Å². The summed E-state index contributed by atoms with van der Waals surface area (Å²) in [5, 5.41) is 0. The summed E-state index contributed by atoms with van der Waals surface area (Å²) in [6.45, 7) is 0.774. The summed E-state index contributed by atoms with van der Waals surface area (Å²) < 4.78 is 0. The van der Waals surface area contributed by atoms with E-state index in [9.17, 15) is 4.79 Å². The molecule has 1 aromatic rings. The van der Waals surface area contributed by atoms with Crippen LogP contribution in [0.4, 0.5) is 11.5 Å². The minimum absolute atomic E-state index is 0.171. The Balaban J connectivity index is 2.20. The van der Waals surface area contributed by atoms with Gasteiger partial charge in [-0.05, 0) is 25.0 Å². The molecule has 0 bridgehead atoms. The molecule has 15 heavy (non-hydrogen) atoms. The first-order valence-electron chi connectivity index (χ1n) is 5.29. The summed E-state index contributed by atoms with van der Waals surface area (Å²) >= 11 is 0. The van der Waals surface area contributed by atoms with Crippen LogP contribution in [0.2, 0.25) is 0 Å². The van der Waals surface area contributed by atoms with E-state index in [0.29, 0.717) is 12.1 Å². The van der Waals surface area contributed by atoms with Crippen LogP contribution < -0.4 is 10.6 Å². The van der Waals surface area contributed by atoms with E-state index in [-0.39, 0.29) is 5.91 Å². The number of nitrogens with two attached hydrogens (primary N) is 1. The highest BCUT2D eigenvalue weighted by molar-refractivity contribution is 5.92. The third-order valence-corrected chi connectivity index (χ3v) is 2.62. The number of carbonyl (C=O) groups excluding carboxylic acids is 1. The van der Waals surface area contributed by atoms with Crippen molar-refractivity contribution in [1.82, 2.24) is 4.98 Å². The maximum absolute atomic E-state index is 11.8. The number of hydrogen-bond acceptors (Lipinski definition) is 3. The molecule has 1 saturated heterocycles. The third kappa shape index (κ3) is 2.26. The molecule has 0 aliphatic carbocycles. The maximum atomic E-state index is 11.8. The van der Waals surface area contributed by atoms with Gasteiger partial charge in [-0.2, -0.15) is 0 Å². The van der Waals surface area contributed by atoms with Crippen LogP contribution >= 0.6 is 0 Å². The highest BCUT2D eigenvalue weighted by Crippen LogP contribution is 2.18. The molecule has 1 fully saturated rings. The van der Waals surface area contributed by atoms with Gasteiger partial charge in [0.25, 0.3) is 0 Å². The van der Waals surface area contributed by atoms with Crippen molar-refractivity contribution in [3.8, 4) is 0 Å². The number of pyridine rings is 1. The van der Waals surface area contributed by atoms with Crippen molar-refractivity contribution in [2.24, 2.45) is 0 Å². The normalized spacial score (nSPS) is 17.6. The Hall–Kier alpha value is -1.58. The van der Waals surface area contributed by atoms with Crippen LogP contribution in [0.25, 0.3) is 0 Å². The Morgan fingerprint density at radius 2 is 2.13 bits per heavy atom. The number of nitrogens with zero attached hydrogens (tertiary/aromatic N) is 2. The smallest absolute Gasteiger partial charge is 0.228 e. The highest BCUT2D eigenvalue weighted by atomic mass is 16.2. The number of amides is 1. The van der Waals surface area contributed by atoms with E-state index in [1.807, 2.05) is 0 Å². The Kier molecular flexibility index (Phi) is 2.85. The molecule has 1 amide bonds. The number of rotatable bonds is 1. The van der Waals surface area contributed by atoms with Gasteiger partial charge in [-0.1, -0.05) is 6.42 Å². The third-order valence-electron chi connectivity index (χ3n) is 2.62. The SMILES string of the molecule is Nc1ccc(N2CCCCCC2=O)nc1. The zero-order chi connectivity index (χ0) is 10.7. The van der Waals surface area contributed by atoms with E-state index in [1.54, 1.807) is 23.2 Å². The minimum Gasteiger partial charge on any atom is -0.397 e. The number of carbonyl (C=O) groups is 1. The van der Waals surface area contributed by atoms with Crippen LogP contribution in [0.1, 0.15) is 25.7 Å². The van der Waals surface area contributed by atoms with E-state index in [2.05, 4.69) is 4.98 Å². The number of aromatic nitrogens is 1. The fraction of sp³-hybridized carbons (Fsp3) is 0.455. The topological polar surface area (TPSA) is 59.2 Å². The van der Waals surface area contributed by atoms with E-state index in [4.69, 9.17) is 5.73 Å². The average molecular weight is 205 g/mol. The van der Waals surface area contributed by atoms with Gasteiger partial charge in [0.05, 0.1) is 11.9 Å². The predicted molar refractivity (Wildman–Crippen MR) is 59.5 cm³/mol. The van der Waals surface area contributed by atoms with Crippen LogP contribution in [-0.2, 0) is 4.79 Å². The van der Waals surface area contributed by atoms with E-state index < -0.39 is 0 Å². The molecule has 0 aromatic carbocycles. The molecule has 2 rings (SSSR count). The molecular weight excluding hydrogens is 190 g/mol. The lowest BCUT2D eigenvalue weighted by Crippen LogP contribution is -2.30. The average Bonchev–Trinajstić information content (AvgIpc) is 2.44. The van der Waals surface area contributed by atoms with Crippen molar-refractivity contribution in [2.45, 2.75) is 25.7 Å². The van der Waals surface area contributed by atoms with Crippen molar-refractivity contribution in [2.75, 3.05) is 17.2 Å². The molecular formula is C11H15N3O. The maximum Gasteiger partial charge on any atom is 0.228 e. The zero-order valence-electron chi connectivity index (χ0n) is 8.65. The highest BCUT2D eigenvalue weighted by Gasteiger charge is 2.18. The second kappa shape index (κ2) is 4.29. The van der Waals surface area contributed by atoms with E-state index in [1.165, 1.54) is 0 Å². The van der Waals surface area contributed by atoms with Gasteiger partial charge < -0.3 is 5.73 Å². The molecule has 4 heteroatoms. The Morgan fingerprint density at radius 3 is 2.87 bits per heavy atom. The predicted octanol–water partition coefficient (Wildman–Crippen LogP) is 1.57. The van der Waals surface area contributed by atoms with Gasteiger partial charge in [0.1, 0.15) is 5.82 Å². The van der Waals surface area contributed by atoms with Crippen LogP contribution in [0.3, 0.4) is 0 Å². The van der Waals surface area contributed by atoms with Crippen LogP contribution in [0, 0.1) is 0 Å². The van der Waals surface area contributed by atoms with Gasteiger partial charge in [-0.25, -0.2) is 4.98 Å². The summed E-state index contributed by atoms with van der Waals surface area (Å²) in [6.07, 6.45) is 5.39. The first-order chi connectivity index (χ1) is 7.27. The molecule has 2 heterocycles. The van der Waals surface area contributed by atoms with Gasteiger partial charge in [0, 0.05) is 13.0 Å². The molecule has 80 valence electrons. The summed E-state index contributed by atoms with van der Waals surface area (Å²) in [6, 6.07) is 3.58. The van der Waals surface area contributed by atoms with Crippen molar-refractivity contribution in [3.63, 3.8) is 0 Å². The van der Waals surface area contributed by atoms with Crippen molar-refractivity contribution in [3.05, 3.63) is 18.3 Å². The number of nitrogen functional groups attached to an aromatic ring is 1. The van der Waals surface area contributed by atoms with Crippen molar-refractivity contribution < 1.29 is 4.79 Å². The van der Waals surface area contributed by atoms with Gasteiger partial charge >= 0.3 is 0 Å². The zero-order valence-corrected chi connectivity index (χ0v) is 8.65. The lowest BCUT2D eigenvalue weighted by atomic mass is 10.2. The standard InChI is InChI=1S/C11H15N3O/c12-9-5-6-10(13-8-9)14-7-3-1-2-4-11(14)15/h5-6,8H,1-4,7,12H2. The molecule has 0 saturated carbocycles. The molecule has 0 atom stereocenters. The summed E-state index contributed by atoms with van der Waals surface area (Å²) in [7, 11) is 0. The Labute approximate surface area is 89.1 Å². The monoisotopic (exact) mass is 205 g/mol. The molecule has 0 unspecified atom stereocenters. The Morgan fingerprint density at radius 1 is 1.27 bits per heavy atom. The fourth-order valence-electron chi connectivity index (χ4n) is 1.78.